The number of unbranched alkanes of at least 4 members (excludes halogenated alkanes) is 1. The van der Waals surface area contributed by atoms with Gasteiger partial charge in [-0.25, -0.2) is 0 Å². The molecule has 1 unspecified atom stereocenters. The Morgan fingerprint density at radius 3 is 2.59 bits per heavy atom. The molecule has 2 aromatic carbocycles. The van der Waals surface area contributed by atoms with Crippen molar-refractivity contribution in [3.8, 4) is 22.8 Å². The lowest BCUT2D eigenvalue weighted by Gasteiger charge is -2.26. The molecule has 2 heterocycles. The number of ether oxygens (including phenoxy) is 1. The van der Waals surface area contributed by atoms with Crippen LogP contribution in [0.15, 0.2) is 48.5 Å². The second-order valence-electron chi connectivity index (χ2n) is 7.13. The van der Waals surface area contributed by atoms with Crippen molar-refractivity contribution < 1.29 is 14.6 Å². The molecule has 29 heavy (non-hydrogen) atoms. The zero-order valence-corrected chi connectivity index (χ0v) is 16.7. The van der Waals surface area contributed by atoms with Crippen LogP contribution in [-0.4, -0.2) is 39.3 Å². The number of hydrogen-bond acceptors (Lipinski definition) is 4. The van der Waals surface area contributed by atoms with Crippen molar-refractivity contribution in [2.45, 2.75) is 32.7 Å². The van der Waals surface area contributed by atoms with Gasteiger partial charge in [-0.05, 0) is 43.2 Å². The summed E-state index contributed by atoms with van der Waals surface area (Å²) in [6.45, 7) is 5.33. The van der Waals surface area contributed by atoms with Gasteiger partial charge in [0.15, 0.2) is 0 Å². The lowest BCUT2D eigenvalue weighted by Crippen LogP contribution is -2.30. The van der Waals surface area contributed by atoms with Crippen molar-refractivity contribution in [3.63, 3.8) is 0 Å². The number of phenols is 1. The number of carbonyl (C=O) groups is 1. The van der Waals surface area contributed by atoms with Crippen molar-refractivity contribution in [2.75, 3.05) is 13.2 Å². The molecular formula is C23H25N3O3. The van der Waals surface area contributed by atoms with Crippen LogP contribution in [0.3, 0.4) is 0 Å². The average Bonchev–Trinajstić information content (AvgIpc) is 3.27. The first-order chi connectivity index (χ1) is 14.2. The van der Waals surface area contributed by atoms with E-state index in [-0.39, 0.29) is 17.7 Å². The lowest BCUT2D eigenvalue weighted by molar-refractivity contribution is 0.0741. The molecule has 1 aliphatic heterocycles. The summed E-state index contributed by atoms with van der Waals surface area (Å²) in [6, 6.07) is 14.7. The maximum atomic E-state index is 13.2. The van der Waals surface area contributed by atoms with Crippen LogP contribution >= 0.6 is 0 Å². The van der Waals surface area contributed by atoms with E-state index in [1.807, 2.05) is 48.2 Å². The molecule has 2 N–H and O–H groups in total. The largest absolute Gasteiger partial charge is 0.507 e. The first-order valence-corrected chi connectivity index (χ1v) is 10.1. The fraction of sp³-hybridized carbons (Fsp3) is 0.304. The monoisotopic (exact) mass is 391 g/mol. The van der Waals surface area contributed by atoms with Crippen molar-refractivity contribution >= 4 is 5.91 Å². The summed E-state index contributed by atoms with van der Waals surface area (Å²) in [4.78, 5) is 15.0. The van der Waals surface area contributed by atoms with E-state index >= 15 is 0 Å². The summed E-state index contributed by atoms with van der Waals surface area (Å²) in [7, 11) is 0. The highest BCUT2D eigenvalue weighted by molar-refractivity contribution is 6.00. The molecule has 6 heteroatoms. The molecule has 6 nitrogen and oxygen atoms in total. The molecule has 0 saturated carbocycles. The van der Waals surface area contributed by atoms with Gasteiger partial charge in [0.05, 0.1) is 12.6 Å². The molecule has 1 amide bonds. The van der Waals surface area contributed by atoms with E-state index in [2.05, 4.69) is 17.1 Å². The number of rotatable bonds is 7. The van der Waals surface area contributed by atoms with Gasteiger partial charge in [-0.3, -0.25) is 9.89 Å². The molecule has 0 aliphatic carbocycles. The summed E-state index contributed by atoms with van der Waals surface area (Å²) in [6.07, 6.45) is 1.92. The second-order valence-corrected chi connectivity index (χ2v) is 7.13. The molecule has 0 bridgehead atoms. The van der Waals surface area contributed by atoms with E-state index in [4.69, 9.17) is 4.74 Å². The van der Waals surface area contributed by atoms with Gasteiger partial charge in [0.2, 0.25) is 0 Å². The number of aromatic nitrogens is 2. The van der Waals surface area contributed by atoms with E-state index in [1.165, 1.54) is 0 Å². The second kappa shape index (κ2) is 7.99. The highest BCUT2D eigenvalue weighted by atomic mass is 16.5. The summed E-state index contributed by atoms with van der Waals surface area (Å²) in [5.41, 5.74) is 3.54. The Balaban J connectivity index is 1.83. The number of nitrogens with zero attached hydrogens (tertiary/aromatic N) is 2. The number of nitrogens with one attached hydrogen (secondary N) is 1. The number of hydrogen-bond donors (Lipinski definition) is 2. The summed E-state index contributed by atoms with van der Waals surface area (Å²) in [5.74, 6) is 0.891. The SMILES string of the molecule is CCCCN1C(=O)c2[nH]nc(-c3ccccc3O)c2C1c1ccc(OCC)cc1. The third kappa shape index (κ3) is 3.35. The molecule has 1 aromatic heterocycles. The molecule has 1 aliphatic rings. The minimum absolute atomic E-state index is 0.0542. The normalized spacial score (nSPS) is 15.6. The predicted octanol–water partition coefficient (Wildman–Crippen LogP) is 4.53. The maximum Gasteiger partial charge on any atom is 0.273 e. The summed E-state index contributed by atoms with van der Waals surface area (Å²) in [5, 5.41) is 17.7. The topological polar surface area (TPSA) is 78.5 Å². The van der Waals surface area contributed by atoms with Gasteiger partial charge in [-0.15, -0.1) is 0 Å². The quantitative estimate of drug-likeness (QED) is 0.620. The maximum absolute atomic E-state index is 13.2. The van der Waals surface area contributed by atoms with Crippen LogP contribution in [0.5, 0.6) is 11.5 Å². The van der Waals surface area contributed by atoms with Crippen LogP contribution in [-0.2, 0) is 0 Å². The zero-order chi connectivity index (χ0) is 20.4. The third-order valence-corrected chi connectivity index (χ3v) is 5.28. The molecule has 4 rings (SSSR count). The molecule has 0 spiro atoms. The Bertz CT molecular complexity index is 1010. The lowest BCUT2D eigenvalue weighted by atomic mass is 9.95. The van der Waals surface area contributed by atoms with Crippen LogP contribution in [0.2, 0.25) is 0 Å². The van der Waals surface area contributed by atoms with Gasteiger partial charge in [-0.1, -0.05) is 37.6 Å². The fourth-order valence-corrected chi connectivity index (χ4v) is 3.89. The minimum Gasteiger partial charge on any atom is -0.507 e. The predicted molar refractivity (Wildman–Crippen MR) is 111 cm³/mol. The summed E-state index contributed by atoms with van der Waals surface area (Å²) < 4.78 is 5.57. The van der Waals surface area contributed by atoms with Crippen molar-refractivity contribution in [1.29, 1.82) is 0 Å². The van der Waals surface area contributed by atoms with Gasteiger partial charge in [0.1, 0.15) is 22.9 Å². The van der Waals surface area contributed by atoms with Gasteiger partial charge in [0, 0.05) is 17.7 Å². The van der Waals surface area contributed by atoms with Crippen molar-refractivity contribution in [2.24, 2.45) is 0 Å². The smallest absolute Gasteiger partial charge is 0.273 e. The van der Waals surface area contributed by atoms with E-state index in [0.717, 1.165) is 29.7 Å². The van der Waals surface area contributed by atoms with Crippen LogP contribution in [0.25, 0.3) is 11.3 Å². The highest BCUT2D eigenvalue weighted by Crippen LogP contribution is 2.44. The van der Waals surface area contributed by atoms with Gasteiger partial charge < -0.3 is 14.7 Å². The Morgan fingerprint density at radius 2 is 1.90 bits per heavy atom. The van der Waals surface area contributed by atoms with E-state index in [1.54, 1.807) is 12.1 Å². The Kier molecular flexibility index (Phi) is 5.25. The van der Waals surface area contributed by atoms with Gasteiger partial charge in [-0.2, -0.15) is 5.10 Å². The molecule has 0 radical (unpaired) electrons. The first-order valence-electron chi connectivity index (χ1n) is 10.1. The number of H-pyrrole nitrogens is 1. The molecule has 1 atom stereocenters. The number of phenolic OH excluding ortho intramolecular Hbond substituents is 1. The molecule has 3 aromatic rings. The number of carbonyl (C=O) groups excluding carboxylic acids is 1. The number of aromatic hydroxyl groups is 1. The zero-order valence-electron chi connectivity index (χ0n) is 16.7. The molecule has 150 valence electrons. The molecule has 0 saturated heterocycles. The standard InChI is InChI=1S/C23H25N3O3/c1-3-5-14-26-22(15-10-12-16(13-11-15)29-4-2)19-20(24-25-21(19)23(26)28)17-8-6-7-9-18(17)27/h6-13,22,27H,3-5,14H2,1-2H3,(H,24,25). The molecular weight excluding hydrogens is 366 g/mol. The van der Waals surface area contributed by atoms with E-state index in [9.17, 15) is 9.90 Å². The number of para-hydroxylation sites is 1. The Hall–Kier alpha value is -3.28. The average molecular weight is 391 g/mol. The third-order valence-electron chi connectivity index (χ3n) is 5.28. The number of benzene rings is 2. The van der Waals surface area contributed by atoms with Crippen molar-refractivity contribution in [1.82, 2.24) is 15.1 Å². The van der Waals surface area contributed by atoms with E-state index < -0.39 is 0 Å². The van der Waals surface area contributed by atoms with Crippen LogP contribution in [0, 0.1) is 0 Å². The Labute approximate surface area is 170 Å². The summed E-state index contributed by atoms with van der Waals surface area (Å²) >= 11 is 0. The first kappa shape index (κ1) is 19.1. The number of fused-ring (bicyclic) bond motifs is 1. The molecule has 0 fully saturated rings. The van der Waals surface area contributed by atoms with Crippen LogP contribution in [0.1, 0.15) is 54.3 Å². The van der Waals surface area contributed by atoms with Gasteiger partial charge >= 0.3 is 0 Å². The van der Waals surface area contributed by atoms with Crippen LogP contribution < -0.4 is 4.74 Å². The van der Waals surface area contributed by atoms with Crippen LogP contribution in [0.4, 0.5) is 0 Å². The van der Waals surface area contributed by atoms with Crippen molar-refractivity contribution in [3.05, 3.63) is 65.4 Å². The van der Waals surface area contributed by atoms with Gasteiger partial charge in [0.25, 0.3) is 5.91 Å². The number of amides is 1. The fourth-order valence-electron chi connectivity index (χ4n) is 3.89. The Morgan fingerprint density at radius 1 is 1.14 bits per heavy atom. The number of aromatic amines is 1. The van der Waals surface area contributed by atoms with E-state index in [0.29, 0.717) is 30.1 Å². The minimum atomic E-state index is -0.256. The highest BCUT2D eigenvalue weighted by Gasteiger charge is 2.42.